The quantitative estimate of drug-likeness (QED) is 0.527. The Kier molecular flexibility index (Phi) is 5.69. The largest absolute Gasteiger partial charge is 0.342 e. The van der Waals surface area contributed by atoms with Gasteiger partial charge in [0.2, 0.25) is 11.8 Å². The second-order valence-electron chi connectivity index (χ2n) is 4.61. The second kappa shape index (κ2) is 7.28. The number of rotatable bonds is 7. The number of likely N-dealkylation sites (tertiary alicyclic amines) is 2. The van der Waals surface area contributed by atoms with Gasteiger partial charge in [-0.15, -0.1) is 0 Å². The van der Waals surface area contributed by atoms with Gasteiger partial charge < -0.3 is 9.80 Å². The van der Waals surface area contributed by atoms with Crippen LogP contribution in [0, 0.1) is 0 Å². The van der Waals surface area contributed by atoms with E-state index in [1.807, 2.05) is 31.4 Å². The molecular weight excluding hydrogens is 268 g/mol. The number of carbonyl (C=O) groups is 2. The van der Waals surface area contributed by atoms with E-state index in [4.69, 9.17) is 0 Å². The fourth-order valence-electron chi connectivity index (χ4n) is 2.29. The summed E-state index contributed by atoms with van der Waals surface area (Å²) in [4.78, 5) is 26.7. The van der Waals surface area contributed by atoms with Gasteiger partial charge in [-0.05, 0) is 12.8 Å². The number of hydrogen-bond donors (Lipinski definition) is 0. The minimum Gasteiger partial charge on any atom is -0.342 e. The van der Waals surface area contributed by atoms with Crippen LogP contribution in [-0.4, -0.2) is 59.3 Å². The molecule has 0 aromatic carbocycles. The van der Waals surface area contributed by atoms with E-state index in [0.29, 0.717) is 11.8 Å². The first-order valence-corrected chi connectivity index (χ1v) is 9.06. The first-order valence-electron chi connectivity index (χ1n) is 6.57. The van der Waals surface area contributed by atoms with Crippen molar-refractivity contribution in [2.24, 2.45) is 0 Å². The van der Waals surface area contributed by atoms with E-state index in [1.54, 1.807) is 0 Å². The van der Waals surface area contributed by atoms with E-state index in [9.17, 15) is 9.59 Å². The Balaban J connectivity index is 1.46. The highest BCUT2D eigenvalue weighted by Crippen LogP contribution is 2.22. The third-order valence-corrected chi connectivity index (χ3v) is 5.68. The molecular formula is C12H20N2O2S2. The summed E-state index contributed by atoms with van der Waals surface area (Å²) in [7, 11) is 3.62. The molecule has 4 nitrogen and oxygen atoms in total. The highest BCUT2D eigenvalue weighted by atomic mass is 33.1. The van der Waals surface area contributed by atoms with Gasteiger partial charge in [-0.25, -0.2) is 0 Å². The molecule has 2 saturated heterocycles. The van der Waals surface area contributed by atoms with E-state index in [1.165, 1.54) is 0 Å². The van der Waals surface area contributed by atoms with Crippen LogP contribution in [0.2, 0.25) is 0 Å². The number of hydrogen-bond acceptors (Lipinski definition) is 4. The second-order valence-corrected chi connectivity index (χ2v) is 7.31. The molecule has 2 rings (SSSR count). The molecule has 102 valence electrons. The topological polar surface area (TPSA) is 40.6 Å². The van der Waals surface area contributed by atoms with Gasteiger partial charge >= 0.3 is 0 Å². The smallest absolute Gasteiger partial charge is 0.222 e. The van der Waals surface area contributed by atoms with E-state index < -0.39 is 0 Å². The lowest BCUT2D eigenvalue weighted by atomic mass is 10.4. The average Bonchev–Trinajstić information content (AvgIpc) is 2.94. The SMILES string of the molecule is O=C1CCCN1CCSSCCN1CCCC1=O. The van der Waals surface area contributed by atoms with E-state index in [-0.39, 0.29) is 0 Å². The van der Waals surface area contributed by atoms with Crippen LogP contribution in [-0.2, 0) is 9.59 Å². The molecule has 18 heavy (non-hydrogen) atoms. The molecule has 0 radical (unpaired) electrons. The van der Waals surface area contributed by atoms with Gasteiger partial charge in [-0.1, -0.05) is 21.6 Å². The van der Waals surface area contributed by atoms with Gasteiger partial charge in [0, 0.05) is 50.5 Å². The minimum absolute atomic E-state index is 0.309. The summed E-state index contributed by atoms with van der Waals surface area (Å²) in [6.45, 7) is 3.62. The summed E-state index contributed by atoms with van der Waals surface area (Å²) in [5.74, 6) is 2.60. The van der Waals surface area contributed by atoms with Crippen molar-refractivity contribution in [1.82, 2.24) is 9.80 Å². The van der Waals surface area contributed by atoms with Crippen molar-refractivity contribution < 1.29 is 9.59 Å². The van der Waals surface area contributed by atoms with E-state index in [2.05, 4.69) is 0 Å². The first-order chi connectivity index (χ1) is 8.77. The first kappa shape index (κ1) is 14.1. The summed E-state index contributed by atoms with van der Waals surface area (Å²) >= 11 is 0. The van der Waals surface area contributed by atoms with Crippen LogP contribution in [0.25, 0.3) is 0 Å². The van der Waals surface area contributed by atoms with Gasteiger partial charge in [0.05, 0.1) is 0 Å². The van der Waals surface area contributed by atoms with Gasteiger partial charge in [0.25, 0.3) is 0 Å². The fourth-order valence-corrected chi connectivity index (χ4v) is 4.27. The van der Waals surface area contributed by atoms with Crippen molar-refractivity contribution in [3.8, 4) is 0 Å². The fraction of sp³-hybridized carbons (Fsp3) is 0.833. The summed E-state index contributed by atoms with van der Waals surface area (Å²) in [5, 5.41) is 0. The zero-order chi connectivity index (χ0) is 12.8. The molecule has 0 aromatic heterocycles. The maximum absolute atomic E-state index is 11.4. The van der Waals surface area contributed by atoms with Crippen molar-refractivity contribution in [1.29, 1.82) is 0 Å². The van der Waals surface area contributed by atoms with Crippen LogP contribution in [0.1, 0.15) is 25.7 Å². The van der Waals surface area contributed by atoms with Crippen molar-refractivity contribution >= 4 is 33.4 Å². The molecule has 0 aromatic rings. The van der Waals surface area contributed by atoms with E-state index >= 15 is 0 Å². The predicted molar refractivity (Wildman–Crippen MR) is 76.5 cm³/mol. The third-order valence-electron chi connectivity index (χ3n) is 3.32. The Morgan fingerprint density at radius 1 is 0.833 bits per heavy atom. The average molecular weight is 288 g/mol. The molecule has 0 aliphatic carbocycles. The van der Waals surface area contributed by atoms with Crippen LogP contribution >= 0.6 is 21.6 Å². The van der Waals surface area contributed by atoms with Crippen LogP contribution in [0.4, 0.5) is 0 Å². The molecule has 6 heteroatoms. The van der Waals surface area contributed by atoms with E-state index in [0.717, 1.165) is 63.4 Å². The summed E-state index contributed by atoms with van der Waals surface area (Å²) in [6.07, 6.45) is 3.51. The standard InChI is InChI=1S/C12H20N2O2S2/c15-11-3-1-5-13(11)7-9-17-18-10-8-14-6-2-4-12(14)16/h1-10H2. The molecule has 0 saturated carbocycles. The molecule has 2 aliphatic rings. The molecule has 2 heterocycles. The van der Waals surface area contributed by atoms with Crippen LogP contribution in [0.5, 0.6) is 0 Å². The molecule has 2 amide bonds. The monoisotopic (exact) mass is 288 g/mol. The highest BCUT2D eigenvalue weighted by Gasteiger charge is 2.20. The molecule has 0 N–H and O–H groups in total. The van der Waals surface area contributed by atoms with Crippen LogP contribution in [0.3, 0.4) is 0 Å². The maximum atomic E-state index is 11.4. The Morgan fingerprint density at radius 2 is 1.28 bits per heavy atom. The lowest BCUT2D eigenvalue weighted by molar-refractivity contribution is -0.128. The lowest BCUT2D eigenvalue weighted by Crippen LogP contribution is -2.27. The lowest BCUT2D eigenvalue weighted by Gasteiger charge is -2.16. The predicted octanol–water partition coefficient (Wildman–Crippen LogP) is 1.61. The Morgan fingerprint density at radius 3 is 1.61 bits per heavy atom. The normalized spacial score (nSPS) is 20.2. The van der Waals surface area contributed by atoms with Gasteiger partial charge in [-0.2, -0.15) is 0 Å². The Bertz CT molecular complexity index is 282. The van der Waals surface area contributed by atoms with Crippen molar-refractivity contribution in [3.05, 3.63) is 0 Å². The van der Waals surface area contributed by atoms with Crippen LogP contribution in [0.15, 0.2) is 0 Å². The number of amides is 2. The summed E-state index contributed by atoms with van der Waals surface area (Å²) < 4.78 is 0. The van der Waals surface area contributed by atoms with Gasteiger partial charge in [0.1, 0.15) is 0 Å². The van der Waals surface area contributed by atoms with Crippen molar-refractivity contribution in [2.75, 3.05) is 37.7 Å². The number of carbonyl (C=O) groups excluding carboxylic acids is 2. The summed E-state index contributed by atoms with van der Waals surface area (Å²) in [6, 6.07) is 0. The molecule has 0 spiro atoms. The van der Waals surface area contributed by atoms with Gasteiger partial charge in [0.15, 0.2) is 0 Å². The highest BCUT2D eigenvalue weighted by molar-refractivity contribution is 8.76. The molecule has 0 unspecified atom stereocenters. The zero-order valence-electron chi connectivity index (χ0n) is 10.6. The molecule has 0 atom stereocenters. The third kappa shape index (κ3) is 4.09. The van der Waals surface area contributed by atoms with Gasteiger partial charge in [-0.3, -0.25) is 9.59 Å². The van der Waals surface area contributed by atoms with Crippen molar-refractivity contribution in [2.45, 2.75) is 25.7 Å². The Hall–Kier alpha value is -0.360. The maximum Gasteiger partial charge on any atom is 0.222 e. The molecule has 2 aliphatic heterocycles. The zero-order valence-corrected chi connectivity index (χ0v) is 12.2. The molecule has 2 fully saturated rings. The van der Waals surface area contributed by atoms with Crippen LogP contribution < -0.4 is 0 Å². The van der Waals surface area contributed by atoms with Crippen molar-refractivity contribution in [3.63, 3.8) is 0 Å². The molecule has 0 bridgehead atoms. The minimum atomic E-state index is 0.309. The Labute approximate surface area is 116 Å². The summed E-state index contributed by atoms with van der Waals surface area (Å²) in [5.41, 5.74) is 0. The number of nitrogens with zero attached hydrogens (tertiary/aromatic N) is 2.